The zero-order valence-corrected chi connectivity index (χ0v) is 13.5. The Morgan fingerprint density at radius 2 is 1.84 bits per heavy atom. The number of carbonyl (C=O) groups is 1. The van der Waals surface area contributed by atoms with Crippen LogP contribution >= 0.6 is 0 Å². The predicted octanol–water partition coefficient (Wildman–Crippen LogP) is 3.16. The number of ether oxygens (including phenoxy) is 2. The molecule has 0 bridgehead atoms. The summed E-state index contributed by atoms with van der Waals surface area (Å²) < 4.78 is 11.4. The van der Waals surface area contributed by atoms with E-state index in [2.05, 4.69) is 0 Å². The third-order valence-corrected chi connectivity index (χ3v) is 6.26. The Hall–Kier alpha value is -0.973. The van der Waals surface area contributed by atoms with Gasteiger partial charge in [0.1, 0.15) is 11.5 Å². The molecule has 106 valence electrons. The standard InChI is InChI=1S/C15H24O3Si/c1-12(18-11-19(4,5)13(2)16)15(17-3)14-9-7-6-8-10-14/h6-10,12,15H,11H2,1-5H3/t12-,15+/m0/s1. The normalized spacial score (nSPS) is 15.0. The lowest BCUT2D eigenvalue weighted by atomic mass is 10.1. The van der Waals surface area contributed by atoms with Crippen molar-refractivity contribution >= 4 is 13.5 Å². The maximum absolute atomic E-state index is 11.5. The fourth-order valence-corrected chi connectivity index (χ4v) is 2.65. The molecule has 0 aliphatic heterocycles. The minimum atomic E-state index is -1.92. The van der Waals surface area contributed by atoms with Gasteiger partial charge in [0.2, 0.25) is 0 Å². The van der Waals surface area contributed by atoms with E-state index >= 15 is 0 Å². The van der Waals surface area contributed by atoms with E-state index in [1.54, 1.807) is 14.0 Å². The fraction of sp³-hybridized carbons (Fsp3) is 0.533. The number of carbonyl (C=O) groups excluding carboxylic acids is 1. The molecule has 4 heteroatoms. The monoisotopic (exact) mass is 280 g/mol. The first-order valence-electron chi connectivity index (χ1n) is 6.59. The molecule has 0 aliphatic carbocycles. The van der Waals surface area contributed by atoms with Crippen LogP contribution in [0.2, 0.25) is 13.1 Å². The molecule has 0 unspecified atom stereocenters. The fourth-order valence-electron chi connectivity index (χ4n) is 1.77. The van der Waals surface area contributed by atoms with Crippen molar-refractivity contribution in [3.8, 4) is 0 Å². The topological polar surface area (TPSA) is 35.5 Å². The maximum atomic E-state index is 11.5. The second-order valence-corrected chi connectivity index (χ2v) is 10.3. The minimum Gasteiger partial charge on any atom is -0.378 e. The summed E-state index contributed by atoms with van der Waals surface area (Å²) in [7, 11) is -0.234. The van der Waals surface area contributed by atoms with Gasteiger partial charge in [0.15, 0.2) is 8.07 Å². The first kappa shape index (κ1) is 16.1. The van der Waals surface area contributed by atoms with Crippen molar-refractivity contribution in [2.24, 2.45) is 0 Å². The van der Waals surface area contributed by atoms with Gasteiger partial charge in [-0.15, -0.1) is 0 Å². The average Bonchev–Trinajstić information content (AvgIpc) is 2.38. The Bertz CT molecular complexity index is 403. The van der Waals surface area contributed by atoms with Gasteiger partial charge in [-0.25, -0.2) is 0 Å². The van der Waals surface area contributed by atoms with Gasteiger partial charge < -0.3 is 14.3 Å². The SMILES string of the molecule is CO[C@@H](c1ccccc1)[C@H](C)OC[Si](C)(C)C(C)=O. The van der Waals surface area contributed by atoms with Crippen LogP contribution in [0.1, 0.15) is 25.5 Å². The molecule has 0 aromatic heterocycles. The van der Waals surface area contributed by atoms with Gasteiger partial charge in [-0.05, 0) is 19.4 Å². The van der Waals surface area contributed by atoms with Crippen molar-refractivity contribution in [2.75, 3.05) is 13.3 Å². The molecular weight excluding hydrogens is 256 g/mol. The number of benzene rings is 1. The van der Waals surface area contributed by atoms with Crippen molar-refractivity contribution in [2.45, 2.75) is 39.1 Å². The molecule has 1 aromatic carbocycles. The van der Waals surface area contributed by atoms with Crippen LogP contribution in [-0.4, -0.2) is 32.9 Å². The highest BCUT2D eigenvalue weighted by molar-refractivity contribution is 7.04. The molecular formula is C15H24O3Si. The molecule has 0 saturated carbocycles. The quantitative estimate of drug-likeness (QED) is 0.720. The van der Waals surface area contributed by atoms with Crippen LogP contribution in [0.4, 0.5) is 0 Å². The van der Waals surface area contributed by atoms with Crippen LogP contribution in [0.15, 0.2) is 30.3 Å². The number of hydrogen-bond donors (Lipinski definition) is 0. The zero-order chi connectivity index (χ0) is 14.5. The third-order valence-electron chi connectivity index (χ3n) is 3.47. The van der Waals surface area contributed by atoms with Crippen molar-refractivity contribution in [1.82, 2.24) is 0 Å². The minimum absolute atomic E-state index is 0.0708. The highest BCUT2D eigenvalue weighted by Crippen LogP contribution is 2.23. The molecule has 0 fully saturated rings. The summed E-state index contributed by atoms with van der Waals surface area (Å²) in [5, 5.41) is 0.272. The van der Waals surface area contributed by atoms with Crippen LogP contribution in [0.5, 0.6) is 0 Å². The summed E-state index contributed by atoms with van der Waals surface area (Å²) in [5.74, 6) is 0. The maximum Gasteiger partial charge on any atom is 0.154 e. The number of rotatable bonds is 7. The van der Waals surface area contributed by atoms with Crippen LogP contribution in [0.3, 0.4) is 0 Å². The number of methoxy groups -OCH3 is 1. The molecule has 0 radical (unpaired) electrons. The van der Waals surface area contributed by atoms with E-state index in [9.17, 15) is 4.79 Å². The van der Waals surface area contributed by atoms with Crippen molar-refractivity contribution < 1.29 is 14.3 Å². The molecule has 2 atom stereocenters. The van der Waals surface area contributed by atoms with Gasteiger partial charge in [-0.1, -0.05) is 43.4 Å². The summed E-state index contributed by atoms with van der Waals surface area (Å²) >= 11 is 0. The van der Waals surface area contributed by atoms with Crippen LogP contribution in [-0.2, 0) is 14.3 Å². The lowest BCUT2D eigenvalue weighted by molar-refractivity contribution is -0.111. The molecule has 0 N–H and O–H groups in total. The average molecular weight is 280 g/mol. The van der Waals surface area contributed by atoms with Crippen molar-refractivity contribution in [3.05, 3.63) is 35.9 Å². The van der Waals surface area contributed by atoms with Crippen LogP contribution in [0, 0.1) is 0 Å². The first-order chi connectivity index (χ1) is 8.88. The highest BCUT2D eigenvalue weighted by atomic mass is 28.3. The molecule has 1 rings (SSSR count). The second kappa shape index (κ2) is 6.98. The van der Waals surface area contributed by atoms with Crippen molar-refractivity contribution in [1.29, 1.82) is 0 Å². The Kier molecular flexibility index (Phi) is 5.91. The highest BCUT2D eigenvalue weighted by Gasteiger charge is 2.29. The Morgan fingerprint density at radius 3 is 2.32 bits per heavy atom. The van der Waals surface area contributed by atoms with E-state index in [4.69, 9.17) is 9.47 Å². The smallest absolute Gasteiger partial charge is 0.154 e. The summed E-state index contributed by atoms with van der Waals surface area (Å²) in [6.07, 6.45) is 0.368. The summed E-state index contributed by atoms with van der Waals surface area (Å²) in [5.41, 5.74) is 1.10. The molecule has 19 heavy (non-hydrogen) atoms. The summed E-state index contributed by atoms with van der Waals surface area (Å²) in [4.78, 5) is 11.5. The van der Waals surface area contributed by atoms with Crippen LogP contribution in [0.25, 0.3) is 0 Å². The van der Waals surface area contributed by atoms with Gasteiger partial charge in [-0.2, -0.15) is 0 Å². The zero-order valence-electron chi connectivity index (χ0n) is 12.5. The van der Waals surface area contributed by atoms with Crippen LogP contribution < -0.4 is 0 Å². The van der Waals surface area contributed by atoms with E-state index in [1.165, 1.54) is 0 Å². The summed E-state index contributed by atoms with van der Waals surface area (Å²) in [6.45, 7) is 7.72. The first-order valence-corrected chi connectivity index (χ1v) is 9.79. The molecule has 0 saturated heterocycles. The largest absolute Gasteiger partial charge is 0.378 e. The van der Waals surface area contributed by atoms with E-state index in [0.717, 1.165) is 5.56 Å². The Balaban J connectivity index is 2.66. The lowest BCUT2D eigenvalue weighted by Crippen LogP contribution is -2.43. The van der Waals surface area contributed by atoms with Gasteiger partial charge in [0, 0.05) is 13.3 Å². The second-order valence-electron chi connectivity index (χ2n) is 5.52. The summed E-state index contributed by atoms with van der Waals surface area (Å²) in [6, 6.07) is 10.0. The van der Waals surface area contributed by atoms with E-state index in [1.807, 2.05) is 50.3 Å². The lowest BCUT2D eigenvalue weighted by Gasteiger charge is -2.27. The predicted molar refractivity (Wildman–Crippen MR) is 79.8 cm³/mol. The molecule has 0 amide bonds. The third kappa shape index (κ3) is 4.56. The molecule has 0 spiro atoms. The molecule has 0 heterocycles. The molecule has 3 nitrogen and oxygen atoms in total. The Morgan fingerprint density at radius 1 is 1.26 bits per heavy atom. The molecule has 0 aliphatic rings. The van der Waals surface area contributed by atoms with E-state index < -0.39 is 8.07 Å². The van der Waals surface area contributed by atoms with E-state index in [0.29, 0.717) is 6.23 Å². The van der Waals surface area contributed by atoms with Crippen molar-refractivity contribution in [3.63, 3.8) is 0 Å². The van der Waals surface area contributed by atoms with Gasteiger partial charge >= 0.3 is 0 Å². The van der Waals surface area contributed by atoms with Gasteiger partial charge in [0.25, 0.3) is 0 Å². The Labute approximate surface area is 116 Å². The number of hydrogen-bond acceptors (Lipinski definition) is 3. The van der Waals surface area contributed by atoms with Gasteiger partial charge in [-0.3, -0.25) is 0 Å². The van der Waals surface area contributed by atoms with Gasteiger partial charge in [0.05, 0.1) is 6.10 Å². The van der Waals surface area contributed by atoms with E-state index in [-0.39, 0.29) is 17.6 Å². The molecule has 1 aromatic rings.